The van der Waals surface area contributed by atoms with E-state index in [0.29, 0.717) is 0 Å². The third kappa shape index (κ3) is 1.58. The summed E-state index contributed by atoms with van der Waals surface area (Å²) in [5.74, 6) is 0.811. The molecule has 0 radical (unpaired) electrons. The number of furan rings is 1. The van der Waals surface area contributed by atoms with E-state index >= 15 is 0 Å². The largest absolute Gasteiger partial charge is 0.463 e. The fourth-order valence-electron chi connectivity index (χ4n) is 1.25. The first-order valence-electron chi connectivity index (χ1n) is 4.45. The predicted molar refractivity (Wildman–Crippen MR) is 57.2 cm³/mol. The van der Waals surface area contributed by atoms with Crippen LogP contribution in [0.15, 0.2) is 22.8 Å². The molecular formula is C10H12N2OS. The summed E-state index contributed by atoms with van der Waals surface area (Å²) in [6.07, 6.45) is 1.65. The highest BCUT2D eigenvalue weighted by Crippen LogP contribution is 2.29. The molecule has 3 nitrogen and oxygen atoms in total. The Labute approximate surface area is 86.6 Å². The van der Waals surface area contributed by atoms with Gasteiger partial charge in [0, 0.05) is 4.88 Å². The van der Waals surface area contributed by atoms with Gasteiger partial charge in [0.05, 0.1) is 12.3 Å². The summed E-state index contributed by atoms with van der Waals surface area (Å²) >= 11 is 1.62. The van der Waals surface area contributed by atoms with Crippen molar-refractivity contribution in [1.82, 2.24) is 4.98 Å². The number of hydrogen-bond donors (Lipinski definition) is 1. The maximum atomic E-state index is 5.77. The lowest BCUT2D eigenvalue weighted by Crippen LogP contribution is -2.03. The van der Waals surface area contributed by atoms with Crippen LogP contribution in [0.1, 0.15) is 22.9 Å². The molecule has 0 spiro atoms. The van der Waals surface area contributed by atoms with Gasteiger partial charge in [-0.2, -0.15) is 0 Å². The molecule has 0 saturated carbocycles. The highest BCUT2D eigenvalue weighted by atomic mass is 32.1. The van der Waals surface area contributed by atoms with E-state index in [0.717, 1.165) is 21.3 Å². The minimum Gasteiger partial charge on any atom is -0.463 e. The molecule has 2 N–H and O–H groups in total. The fourth-order valence-corrected chi connectivity index (χ4v) is 2.13. The molecule has 0 fully saturated rings. The van der Waals surface area contributed by atoms with Crippen molar-refractivity contribution in [3.05, 3.63) is 28.3 Å². The van der Waals surface area contributed by atoms with Crippen molar-refractivity contribution in [2.45, 2.75) is 19.9 Å². The van der Waals surface area contributed by atoms with Crippen LogP contribution in [-0.4, -0.2) is 4.98 Å². The molecule has 0 aliphatic rings. The topological polar surface area (TPSA) is 52.0 Å². The maximum absolute atomic E-state index is 5.77. The van der Waals surface area contributed by atoms with Crippen molar-refractivity contribution in [2.24, 2.45) is 5.73 Å². The molecular weight excluding hydrogens is 196 g/mol. The van der Waals surface area contributed by atoms with Gasteiger partial charge in [-0.15, -0.1) is 11.3 Å². The molecule has 0 aliphatic carbocycles. The van der Waals surface area contributed by atoms with Gasteiger partial charge in [-0.1, -0.05) is 0 Å². The highest BCUT2D eigenvalue weighted by molar-refractivity contribution is 7.12. The second-order valence-corrected chi connectivity index (χ2v) is 4.46. The number of aryl methyl sites for hydroxylation is 1. The van der Waals surface area contributed by atoms with Crippen molar-refractivity contribution in [1.29, 1.82) is 0 Å². The fraction of sp³-hybridized carbons (Fsp3) is 0.300. The van der Waals surface area contributed by atoms with E-state index in [1.54, 1.807) is 17.6 Å². The van der Waals surface area contributed by atoms with E-state index in [9.17, 15) is 0 Å². The van der Waals surface area contributed by atoms with Gasteiger partial charge < -0.3 is 10.2 Å². The number of rotatable bonds is 2. The van der Waals surface area contributed by atoms with Crippen LogP contribution < -0.4 is 5.73 Å². The van der Waals surface area contributed by atoms with Crippen molar-refractivity contribution in [2.75, 3.05) is 0 Å². The van der Waals surface area contributed by atoms with Crippen LogP contribution in [-0.2, 0) is 0 Å². The Morgan fingerprint density at radius 2 is 2.36 bits per heavy atom. The summed E-state index contributed by atoms with van der Waals surface area (Å²) in [6.45, 7) is 3.96. The average molecular weight is 208 g/mol. The first kappa shape index (κ1) is 9.43. The van der Waals surface area contributed by atoms with Crippen LogP contribution >= 0.6 is 11.3 Å². The van der Waals surface area contributed by atoms with E-state index < -0.39 is 0 Å². The summed E-state index contributed by atoms with van der Waals surface area (Å²) < 4.78 is 5.30. The molecule has 1 atom stereocenters. The molecule has 14 heavy (non-hydrogen) atoms. The van der Waals surface area contributed by atoms with Gasteiger partial charge in [0.2, 0.25) is 0 Å². The Balaban J connectivity index is 2.45. The zero-order valence-electron chi connectivity index (χ0n) is 8.15. The number of aromatic nitrogens is 1. The molecule has 0 amide bonds. The van der Waals surface area contributed by atoms with Gasteiger partial charge in [-0.3, -0.25) is 0 Å². The van der Waals surface area contributed by atoms with E-state index in [4.69, 9.17) is 10.2 Å². The van der Waals surface area contributed by atoms with Gasteiger partial charge in [-0.05, 0) is 26.0 Å². The Kier molecular flexibility index (Phi) is 2.39. The van der Waals surface area contributed by atoms with E-state index in [-0.39, 0.29) is 6.04 Å². The molecule has 0 saturated heterocycles. The number of nitrogens with two attached hydrogens (primary N) is 1. The summed E-state index contributed by atoms with van der Waals surface area (Å²) in [7, 11) is 0. The van der Waals surface area contributed by atoms with Crippen molar-refractivity contribution in [3.8, 4) is 11.5 Å². The molecule has 74 valence electrons. The lowest BCUT2D eigenvalue weighted by molar-refractivity contribution is 0.579. The molecule has 2 heterocycles. The van der Waals surface area contributed by atoms with Crippen LogP contribution in [0.25, 0.3) is 11.5 Å². The van der Waals surface area contributed by atoms with Crippen molar-refractivity contribution in [3.63, 3.8) is 0 Å². The minimum absolute atomic E-state index is 0.0117. The summed E-state index contributed by atoms with van der Waals surface area (Å²) in [4.78, 5) is 5.60. The summed E-state index contributed by atoms with van der Waals surface area (Å²) in [5, 5.41) is 0.953. The molecule has 0 aromatic carbocycles. The monoisotopic (exact) mass is 208 g/mol. The molecule has 0 unspecified atom stereocenters. The molecule has 2 aromatic rings. The quantitative estimate of drug-likeness (QED) is 0.825. The van der Waals surface area contributed by atoms with Crippen LogP contribution in [0.5, 0.6) is 0 Å². The highest BCUT2D eigenvalue weighted by Gasteiger charge is 2.13. The third-order valence-electron chi connectivity index (χ3n) is 1.96. The normalized spacial score (nSPS) is 13.1. The lowest BCUT2D eigenvalue weighted by Gasteiger charge is -1.96. The molecule has 0 aliphatic heterocycles. The van der Waals surface area contributed by atoms with Crippen LogP contribution in [0.2, 0.25) is 0 Å². The Morgan fingerprint density at radius 3 is 2.86 bits per heavy atom. The lowest BCUT2D eigenvalue weighted by atomic mass is 10.3. The van der Waals surface area contributed by atoms with Crippen molar-refractivity contribution >= 4 is 11.3 Å². The van der Waals surface area contributed by atoms with E-state index in [1.165, 1.54) is 0 Å². The SMILES string of the molecule is Cc1sc([C@@H](C)N)nc1-c1ccco1. The zero-order valence-corrected chi connectivity index (χ0v) is 8.97. The Hall–Kier alpha value is -1.13. The summed E-state index contributed by atoms with van der Waals surface area (Å²) in [6, 6.07) is 3.76. The van der Waals surface area contributed by atoms with Gasteiger partial charge in [0.15, 0.2) is 5.76 Å². The molecule has 0 bridgehead atoms. The second kappa shape index (κ2) is 3.55. The van der Waals surface area contributed by atoms with E-state index in [1.807, 2.05) is 26.0 Å². The van der Waals surface area contributed by atoms with Crippen LogP contribution in [0.3, 0.4) is 0 Å². The van der Waals surface area contributed by atoms with Gasteiger partial charge >= 0.3 is 0 Å². The van der Waals surface area contributed by atoms with Gasteiger partial charge in [0.25, 0.3) is 0 Å². The maximum Gasteiger partial charge on any atom is 0.153 e. The van der Waals surface area contributed by atoms with Gasteiger partial charge in [-0.25, -0.2) is 4.98 Å². The Bertz CT molecular complexity index is 417. The number of hydrogen-bond acceptors (Lipinski definition) is 4. The van der Waals surface area contributed by atoms with Crippen LogP contribution in [0.4, 0.5) is 0 Å². The smallest absolute Gasteiger partial charge is 0.153 e. The summed E-state index contributed by atoms with van der Waals surface area (Å²) in [5.41, 5.74) is 6.68. The Morgan fingerprint density at radius 1 is 1.57 bits per heavy atom. The van der Waals surface area contributed by atoms with E-state index in [2.05, 4.69) is 4.98 Å². The second-order valence-electron chi connectivity index (χ2n) is 3.22. The molecule has 2 rings (SSSR count). The number of nitrogens with zero attached hydrogens (tertiary/aromatic N) is 1. The zero-order chi connectivity index (χ0) is 10.1. The average Bonchev–Trinajstić information content (AvgIpc) is 2.71. The molecule has 4 heteroatoms. The minimum atomic E-state index is -0.0117. The first-order chi connectivity index (χ1) is 6.68. The third-order valence-corrected chi connectivity index (χ3v) is 3.13. The van der Waals surface area contributed by atoms with Crippen LogP contribution in [0, 0.1) is 6.92 Å². The number of thiazole rings is 1. The van der Waals surface area contributed by atoms with Crippen molar-refractivity contribution < 1.29 is 4.42 Å². The van der Waals surface area contributed by atoms with Gasteiger partial charge in [0.1, 0.15) is 10.7 Å². The standard InChI is InChI=1S/C10H12N2OS/c1-6(11)10-12-9(7(2)14-10)8-4-3-5-13-8/h3-6H,11H2,1-2H3/t6-/m1/s1. The predicted octanol–water partition coefficient (Wildman–Crippen LogP) is 2.73. The first-order valence-corrected chi connectivity index (χ1v) is 5.27. The molecule has 2 aromatic heterocycles.